The Hall–Kier alpha value is -8.92. The molecule has 8 bridgehead atoms. The Kier molecular flexibility index (Phi) is 30.2. The van der Waals surface area contributed by atoms with Crippen molar-refractivity contribution in [1.29, 1.82) is 0 Å². The van der Waals surface area contributed by atoms with E-state index in [0.29, 0.717) is 48.9 Å². The minimum atomic E-state index is -0.993. The van der Waals surface area contributed by atoms with Gasteiger partial charge in [0.1, 0.15) is 23.0 Å². The van der Waals surface area contributed by atoms with Gasteiger partial charge in [0.15, 0.2) is 0 Å². The molecule has 3 aromatic heterocycles. The monoisotopic (exact) mass is 1430 g/mol. The van der Waals surface area contributed by atoms with Gasteiger partial charge in [0.2, 0.25) is 0 Å². The molecule has 0 saturated heterocycles. The van der Waals surface area contributed by atoms with Crippen LogP contribution in [0.5, 0.6) is 23.0 Å². The van der Waals surface area contributed by atoms with Crippen molar-refractivity contribution in [1.82, 2.24) is 19.9 Å². The van der Waals surface area contributed by atoms with Gasteiger partial charge in [0.05, 0.1) is 88.3 Å². The summed E-state index contributed by atoms with van der Waals surface area (Å²) in [5, 5.41) is 9.92. The SMILES string of the molecule is CCCCCCCCOc1cccc(OCCCCCCCC)c1-c1c2nc(c(-c3ccc4c(c3)Sc3ccccc3N4CCCCCCCC)c3ccc([nH]3)c(-c3c(OCCCCCCCC)cccc3OCCCCCCCC)c3nc(c(C#Cc4ccc(C(=O)O)cc4)c4ccc1[nH]4)C=C3)C=C2. The number of aromatic nitrogens is 4. The molecule has 0 saturated carbocycles. The van der Waals surface area contributed by atoms with E-state index >= 15 is 0 Å². The fourth-order valence-corrected chi connectivity index (χ4v) is 15.7. The Morgan fingerprint density at radius 1 is 0.390 bits per heavy atom. The molecule has 552 valence electrons. The molecule has 11 nitrogen and oxygen atoms in total. The second-order valence-electron chi connectivity index (χ2n) is 28.5. The van der Waals surface area contributed by atoms with Crippen LogP contribution in [0.2, 0.25) is 0 Å². The third-order valence-electron chi connectivity index (χ3n) is 20.4. The number of carboxylic acids is 1. The maximum absolute atomic E-state index is 12.1. The maximum atomic E-state index is 12.1. The minimum Gasteiger partial charge on any atom is -0.493 e. The summed E-state index contributed by atoms with van der Waals surface area (Å²) in [5.41, 5.74) is 15.5. The van der Waals surface area contributed by atoms with Gasteiger partial charge in [-0.2, -0.15) is 0 Å². The van der Waals surface area contributed by atoms with Crippen LogP contribution in [0, 0.1) is 11.8 Å². The van der Waals surface area contributed by atoms with E-state index in [-0.39, 0.29) is 5.56 Å². The molecule has 3 N–H and O–H groups in total. The van der Waals surface area contributed by atoms with Gasteiger partial charge < -0.3 is 38.9 Å². The van der Waals surface area contributed by atoms with E-state index in [9.17, 15) is 9.90 Å². The summed E-state index contributed by atoms with van der Waals surface area (Å²) in [6.07, 6.45) is 43.3. The van der Waals surface area contributed by atoms with Crippen molar-refractivity contribution >= 4 is 75.5 Å². The van der Waals surface area contributed by atoms with Gasteiger partial charge in [0.25, 0.3) is 0 Å². The van der Waals surface area contributed by atoms with Crippen LogP contribution in [0.25, 0.3) is 79.8 Å². The molecule has 0 fully saturated rings. The Morgan fingerprint density at radius 3 is 1.28 bits per heavy atom. The van der Waals surface area contributed by atoms with E-state index in [1.54, 1.807) is 24.3 Å². The average molecular weight is 1430 g/mol. The van der Waals surface area contributed by atoms with Crippen molar-refractivity contribution in [2.75, 3.05) is 37.9 Å². The van der Waals surface area contributed by atoms with Crippen molar-refractivity contribution in [3.05, 3.63) is 167 Å². The highest BCUT2D eigenvalue weighted by Gasteiger charge is 2.28. The minimum absolute atomic E-state index is 0.193. The maximum Gasteiger partial charge on any atom is 0.335 e. The van der Waals surface area contributed by atoms with Crippen molar-refractivity contribution in [2.45, 2.75) is 237 Å². The van der Waals surface area contributed by atoms with Crippen molar-refractivity contribution in [2.24, 2.45) is 0 Å². The quantitative estimate of drug-likeness (QED) is 0.0250. The first-order valence-corrected chi connectivity index (χ1v) is 41.1. The second kappa shape index (κ2) is 41.1. The molecule has 0 aliphatic carbocycles. The number of hydrogen-bond donors (Lipinski definition) is 3. The number of H-pyrrole nitrogens is 2. The molecule has 11 rings (SSSR count). The highest BCUT2D eigenvalue weighted by molar-refractivity contribution is 7.99. The van der Waals surface area contributed by atoms with Crippen LogP contribution in [0.15, 0.2) is 137 Å². The molecular formula is C93H113N5O6S. The summed E-state index contributed by atoms with van der Waals surface area (Å²) < 4.78 is 28.2. The van der Waals surface area contributed by atoms with Gasteiger partial charge in [-0.05, 0) is 159 Å². The molecule has 8 aromatic rings. The van der Waals surface area contributed by atoms with Crippen LogP contribution in [0.4, 0.5) is 11.4 Å². The Morgan fingerprint density at radius 2 is 0.790 bits per heavy atom. The number of hydrogen-bond acceptors (Lipinski definition) is 9. The lowest BCUT2D eigenvalue weighted by Gasteiger charge is -2.33. The summed E-state index contributed by atoms with van der Waals surface area (Å²) in [4.78, 5) is 36.8. The Balaban J connectivity index is 1.18. The van der Waals surface area contributed by atoms with Crippen molar-refractivity contribution in [3.63, 3.8) is 0 Å². The summed E-state index contributed by atoms with van der Waals surface area (Å²) in [7, 11) is 0. The van der Waals surface area contributed by atoms with Crippen LogP contribution < -0.4 is 23.8 Å². The largest absolute Gasteiger partial charge is 0.493 e. The Labute approximate surface area is 630 Å². The van der Waals surface area contributed by atoms with Gasteiger partial charge in [-0.1, -0.05) is 249 Å². The first-order valence-electron chi connectivity index (χ1n) is 40.3. The van der Waals surface area contributed by atoms with Crippen LogP contribution in [-0.2, 0) is 0 Å². The zero-order chi connectivity index (χ0) is 72.8. The first-order chi connectivity index (χ1) is 51.8. The predicted octanol–water partition coefficient (Wildman–Crippen LogP) is 26.7. The number of benzene rings is 5. The van der Waals surface area contributed by atoms with E-state index in [4.69, 9.17) is 28.9 Å². The van der Waals surface area contributed by atoms with Crippen LogP contribution in [0.1, 0.15) is 272 Å². The van der Waals surface area contributed by atoms with E-state index in [2.05, 4.69) is 189 Å². The van der Waals surface area contributed by atoms with Crippen LogP contribution in [-0.4, -0.2) is 64.0 Å². The zero-order valence-corrected chi connectivity index (χ0v) is 64.2. The lowest BCUT2D eigenvalue weighted by Crippen LogP contribution is -2.22. The highest BCUT2D eigenvalue weighted by Crippen LogP contribution is 2.51. The number of nitrogens with one attached hydrogen (secondary N) is 2. The lowest BCUT2D eigenvalue weighted by molar-refractivity contribution is 0.0696. The molecular weight excluding hydrogens is 1320 g/mol. The topological polar surface area (TPSA) is 135 Å². The standard InChI is InChI=1S/C93H113N5O6S/c1-6-11-16-21-26-33-62-98-80-40-31-32-45-86(80)105-87-67-70(51-61-81(87)98)88-74-57-59-78(96-74)89(91-82(101-63-34-27-22-17-12-7-2)41-38-42-83(91)102-64-35-28-23-18-13-8-3)76-55-53-72(94-76)71(52-48-68-46-49-69(50-47-68)93(99)100)73-54-56-77(95-73)90(79-60-58-75(88)97-79)92-84(103-65-36-29-24-19-14-9-4)43-39-44-85(92)104-66-37-30-25-20-15-10-5/h31-32,38-47,49-51,53-61,67,94,97H,6-30,33-37,62-66H2,1-5H3,(H,99,100). The second-order valence-corrected chi connectivity index (χ2v) is 29.6. The fraction of sp³-hybridized carbons (Fsp3) is 0.430. The number of rotatable bonds is 43. The lowest BCUT2D eigenvalue weighted by atomic mass is 10.0. The number of fused-ring (bicyclic) bond motifs is 10. The van der Waals surface area contributed by atoms with E-state index < -0.39 is 5.97 Å². The molecule has 6 heterocycles. The number of para-hydroxylation sites is 1. The highest BCUT2D eigenvalue weighted by atomic mass is 32.2. The first kappa shape index (κ1) is 77.2. The fourth-order valence-electron chi connectivity index (χ4n) is 14.5. The molecule has 0 atom stereocenters. The average Bonchev–Trinajstić information content (AvgIpc) is 1.68. The molecule has 3 aliphatic rings. The summed E-state index contributed by atoms with van der Waals surface area (Å²) >= 11 is 1.84. The van der Waals surface area contributed by atoms with Gasteiger partial charge in [-0.3, -0.25) is 0 Å². The predicted molar refractivity (Wildman–Crippen MR) is 441 cm³/mol. The molecule has 0 unspecified atom stereocenters. The zero-order valence-electron chi connectivity index (χ0n) is 63.4. The Bertz CT molecular complexity index is 4280. The van der Waals surface area contributed by atoms with Gasteiger partial charge in [-0.25, -0.2) is 14.8 Å². The van der Waals surface area contributed by atoms with Crippen molar-refractivity contribution in [3.8, 4) is 68.2 Å². The number of carboxylic acid groups (broad SMARTS) is 1. The van der Waals surface area contributed by atoms with E-state index in [1.165, 1.54) is 156 Å². The van der Waals surface area contributed by atoms with Gasteiger partial charge in [0, 0.05) is 55.1 Å². The molecule has 12 heteroatoms. The number of aromatic carboxylic acids is 1. The van der Waals surface area contributed by atoms with Gasteiger partial charge in [-0.15, -0.1) is 0 Å². The number of nitrogens with zero attached hydrogens (tertiary/aromatic N) is 3. The molecule has 0 amide bonds. The third-order valence-corrected chi connectivity index (χ3v) is 21.5. The number of carbonyl (C=O) groups is 1. The molecule has 0 spiro atoms. The van der Waals surface area contributed by atoms with Crippen molar-refractivity contribution < 1.29 is 28.8 Å². The number of ether oxygens (including phenoxy) is 4. The summed E-state index contributed by atoms with van der Waals surface area (Å²) in [6, 6.07) is 43.8. The van der Waals surface area contributed by atoms with E-state index in [0.717, 1.165) is 154 Å². The summed E-state index contributed by atoms with van der Waals surface area (Å²) in [6.45, 7) is 14.5. The molecule has 0 radical (unpaired) electrons. The smallest absolute Gasteiger partial charge is 0.335 e. The third kappa shape index (κ3) is 21.0. The molecule has 5 aromatic carbocycles. The number of unbranched alkanes of at least 4 members (excludes halogenated alkanes) is 25. The van der Waals surface area contributed by atoms with Crippen LogP contribution >= 0.6 is 11.8 Å². The van der Waals surface area contributed by atoms with Gasteiger partial charge >= 0.3 is 5.97 Å². The number of aromatic amines is 2. The normalized spacial score (nSPS) is 12.1. The molecule has 105 heavy (non-hydrogen) atoms. The van der Waals surface area contributed by atoms with E-state index in [1.807, 2.05) is 11.8 Å². The summed E-state index contributed by atoms with van der Waals surface area (Å²) in [5.74, 6) is 8.97. The molecule has 3 aliphatic heterocycles. The number of anilines is 2. The van der Waals surface area contributed by atoms with Crippen LogP contribution in [0.3, 0.4) is 0 Å².